The molecule has 0 amide bonds. The summed E-state index contributed by atoms with van der Waals surface area (Å²) in [7, 11) is 0. The maximum absolute atomic E-state index is 11.5. The van der Waals surface area contributed by atoms with E-state index in [0.717, 1.165) is 19.5 Å². The lowest BCUT2D eigenvalue weighted by atomic mass is 9.63. The summed E-state index contributed by atoms with van der Waals surface area (Å²) in [5, 5.41) is 0. The predicted octanol–water partition coefficient (Wildman–Crippen LogP) is 3.66. The highest BCUT2D eigenvalue weighted by Gasteiger charge is 2.43. The maximum atomic E-state index is 11.5. The Morgan fingerprint density at radius 3 is 2.75 bits per heavy atom. The van der Waals surface area contributed by atoms with Gasteiger partial charge in [-0.15, -0.1) is 0 Å². The van der Waals surface area contributed by atoms with Crippen LogP contribution in [0.4, 0.5) is 0 Å². The van der Waals surface area contributed by atoms with Crippen molar-refractivity contribution in [2.24, 2.45) is 11.3 Å². The molecule has 1 aliphatic heterocycles. The van der Waals surface area contributed by atoms with Gasteiger partial charge in [0, 0.05) is 19.0 Å². The molecule has 1 aliphatic carbocycles. The molecule has 0 radical (unpaired) electrons. The third kappa shape index (κ3) is 2.80. The molecular formula is C18H25NO. The maximum Gasteiger partial charge on any atom is 0.123 e. The lowest BCUT2D eigenvalue weighted by Crippen LogP contribution is -2.48. The molecule has 1 aromatic rings. The molecule has 0 bridgehead atoms. The van der Waals surface area contributed by atoms with Crippen LogP contribution < -0.4 is 0 Å². The van der Waals surface area contributed by atoms with Crippen LogP contribution in [0.25, 0.3) is 0 Å². The first kappa shape index (κ1) is 13.8. The van der Waals surface area contributed by atoms with Gasteiger partial charge in [0.2, 0.25) is 0 Å². The lowest BCUT2D eigenvalue weighted by Gasteiger charge is -2.48. The van der Waals surface area contributed by atoms with Gasteiger partial charge in [0.1, 0.15) is 6.29 Å². The molecule has 2 aliphatic rings. The lowest BCUT2D eigenvalue weighted by molar-refractivity contribution is -0.119. The molecule has 1 heterocycles. The second kappa shape index (κ2) is 6.09. The molecule has 20 heavy (non-hydrogen) atoms. The Bertz CT molecular complexity index is 440. The molecule has 2 nitrogen and oxygen atoms in total. The Morgan fingerprint density at radius 1 is 1.15 bits per heavy atom. The number of likely N-dealkylation sites (tertiary alicyclic amines) is 1. The third-order valence-electron chi connectivity index (χ3n) is 5.33. The standard InChI is InChI=1S/C18H25NO/c20-14-17-9-4-5-10-18(17)11-6-12-19(15-18)13-16-7-2-1-3-8-16/h1-3,7-8,14,17H,4-6,9-13,15H2. The van der Waals surface area contributed by atoms with E-state index in [1.54, 1.807) is 0 Å². The van der Waals surface area contributed by atoms with Crippen LogP contribution in [0.3, 0.4) is 0 Å². The SMILES string of the molecule is O=CC1CCCCC12CCCN(Cc1ccccc1)C2. The molecule has 1 saturated heterocycles. The number of carbonyl (C=O) groups is 1. The first-order valence-electron chi connectivity index (χ1n) is 8.04. The van der Waals surface area contributed by atoms with Crippen molar-refractivity contribution in [3.8, 4) is 0 Å². The number of nitrogens with zero attached hydrogens (tertiary/aromatic N) is 1. The second-order valence-electron chi connectivity index (χ2n) is 6.65. The minimum atomic E-state index is 0.285. The summed E-state index contributed by atoms with van der Waals surface area (Å²) in [6.45, 7) is 3.34. The van der Waals surface area contributed by atoms with Gasteiger partial charge in [-0.05, 0) is 43.2 Å². The Kier molecular flexibility index (Phi) is 4.21. The van der Waals surface area contributed by atoms with Crippen molar-refractivity contribution in [2.75, 3.05) is 13.1 Å². The molecule has 0 N–H and O–H groups in total. The Morgan fingerprint density at radius 2 is 1.95 bits per heavy atom. The number of piperidine rings is 1. The van der Waals surface area contributed by atoms with Crippen LogP contribution in [0.5, 0.6) is 0 Å². The molecular weight excluding hydrogens is 246 g/mol. The van der Waals surface area contributed by atoms with Crippen molar-refractivity contribution in [3.63, 3.8) is 0 Å². The topological polar surface area (TPSA) is 20.3 Å². The van der Waals surface area contributed by atoms with E-state index in [1.165, 1.54) is 50.5 Å². The molecule has 0 aromatic heterocycles. The third-order valence-corrected chi connectivity index (χ3v) is 5.33. The highest BCUT2D eigenvalue weighted by Crippen LogP contribution is 2.46. The average Bonchev–Trinajstić information content (AvgIpc) is 2.49. The normalized spacial score (nSPS) is 31.3. The molecule has 2 heteroatoms. The zero-order valence-electron chi connectivity index (χ0n) is 12.3. The summed E-state index contributed by atoms with van der Waals surface area (Å²) in [6.07, 6.45) is 8.67. The zero-order chi connectivity index (χ0) is 13.8. The number of benzene rings is 1. The Hall–Kier alpha value is -1.15. The fourth-order valence-corrected chi connectivity index (χ4v) is 4.29. The van der Waals surface area contributed by atoms with Crippen molar-refractivity contribution in [2.45, 2.75) is 45.1 Å². The highest BCUT2D eigenvalue weighted by atomic mass is 16.1. The van der Waals surface area contributed by atoms with Gasteiger partial charge < -0.3 is 4.79 Å². The highest BCUT2D eigenvalue weighted by molar-refractivity contribution is 5.55. The Labute approximate surface area is 122 Å². The van der Waals surface area contributed by atoms with E-state index in [0.29, 0.717) is 5.92 Å². The molecule has 1 saturated carbocycles. The van der Waals surface area contributed by atoms with Gasteiger partial charge in [-0.2, -0.15) is 0 Å². The van der Waals surface area contributed by atoms with Gasteiger partial charge >= 0.3 is 0 Å². The monoisotopic (exact) mass is 271 g/mol. The van der Waals surface area contributed by atoms with E-state index < -0.39 is 0 Å². The van der Waals surface area contributed by atoms with Gasteiger partial charge in [-0.1, -0.05) is 43.2 Å². The number of hydrogen-bond acceptors (Lipinski definition) is 2. The van der Waals surface area contributed by atoms with Crippen molar-refractivity contribution < 1.29 is 4.79 Å². The minimum Gasteiger partial charge on any atom is -0.303 e. The zero-order valence-corrected chi connectivity index (χ0v) is 12.3. The molecule has 1 spiro atoms. The van der Waals surface area contributed by atoms with Crippen molar-refractivity contribution >= 4 is 6.29 Å². The fraction of sp³-hybridized carbons (Fsp3) is 0.611. The Balaban J connectivity index is 1.70. The first-order valence-corrected chi connectivity index (χ1v) is 8.04. The molecule has 3 rings (SSSR count). The fourth-order valence-electron chi connectivity index (χ4n) is 4.29. The summed E-state index contributed by atoms with van der Waals surface area (Å²) >= 11 is 0. The van der Waals surface area contributed by atoms with E-state index >= 15 is 0 Å². The number of carbonyl (C=O) groups excluding carboxylic acids is 1. The van der Waals surface area contributed by atoms with Crippen LogP contribution in [0.2, 0.25) is 0 Å². The molecule has 108 valence electrons. The van der Waals surface area contributed by atoms with E-state index in [9.17, 15) is 4.79 Å². The summed E-state index contributed by atoms with van der Waals surface area (Å²) in [5.74, 6) is 0.301. The van der Waals surface area contributed by atoms with E-state index in [-0.39, 0.29) is 5.41 Å². The molecule has 2 fully saturated rings. The number of hydrogen-bond donors (Lipinski definition) is 0. The van der Waals surface area contributed by atoms with Crippen molar-refractivity contribution in [3.05, 3.63) is 35.9 Å². The van der Waals surface area contributed by atoms with Crippen molar-refractivity contribution in [1.29, 1.82) is 0 Å². The summed E-state index contributed by atoms with van der Waals surface area (Å²) in [5.41, 5.74) is 1.68. The first-order chi connectivity index (χ1) is 9.82. The van der Waals surface area contributed by atoms with Crippen LogP contribution in [0, 0.1) is 11.3 Å². The summed E-state index contributed by atoms with van der Waals surface area (Å²) in [4.78, 5) is 14.0. The number of rotatable bonds is 3. The van der Waals surface area contributed by atoms with Gasteiger partial charge in [0.15, 0.2) is 0 Å². The van der Waals surface area contributed by atoms with E-state index in [4.69, 9.17) is 0 Å². The van der Waals surface area contributed by atoms with Crippen LogP contribution in [0.1, 0.15) is 44.1 Å². The van der Waals surface area contributed by atoms with Crippen LogP contribution in [-0.4, -0.2) is 24.3 Å². The van der Waals surface area contributed by atoms with Crippen molar-refractivity contribution in [1.82, 2.24) is 4.90 Å². The molecule has 1 aromatic carbocycles. The molecule has 2 atom stereocenters. The smallest absolute Gasteiger partial charge is 0.123 e. The van der Waals surface area contributed by atoms with Gasteiger partial charge in [0.25, 0.3) is 0 Å². The summed E-state index contributed by atoms with van der Waals surface area (Å²) in [6, 6.07) is 10.7. The van der Waals surface area contributed by atoms with E-state index in [1.807, 2.05) is 0 Å². The van der Waals surface area contributed by atoms with Gasteiger partial charge in [-0.3, -0.25) is 4.90 Å². The predicted molar refractivity (Wildman–Crippen MR) is 81.4 cm³/mol. The van der Waals surface area contributed by atoms with Crippen LogP contribution in [-0.2, 0) is 11.3 Å². The average molecular weight is 271 g/mol. The largest absolute Gasteiger partial charge is 0.303 e. The van der Waals surface area contributed by atoms with E-state index in [2.05, 4.69) is 35.2 Å². The summed E-state index contributed by atoms with van der Waals surface area (Å²) < 4.78 is 0. The van der Waals surface area contributed by atoms with Crippen LogP contribution >= 0.6 is 0 Å². The second-order valence-corrected chi connectivity index (χ2v) is 6.65. The van der Waals surface area contributed by atoms with Gasteiger partial charge in [-0.25, -0.2) is 0 Å². The minimum absolute atomic E-state index is 0.285. The molecule has 2 unspecified atom stereocenters. The van der Waals surface area contributed by atoms with Gasteiger partial charge in [0.05, 0.1) is 0 Å². The van der Waals surface area contributed by atoms with Crippen LogP contribution in [0.15, 0.2) is 30.3 Å². The number of aldehydes is 1. The quantitative estimate of drug-likeness (QED) is 0.782.